The second kappa shape index (κ2) is 12.3. The number of hydrogen-bond acceptors (Lipinski definition) is 3. The molecular formula is C21H30IN5O. The van der Waals surface area contributed by atoms with Crippen LogP contribution in [0.4, 0.5) is 0 Å². The van der Waals surface area contributed by atoms with E-state index in [0.717, 1.165) is 36.7 Å². The SMILES string of the molecule is CCNC(=NCc1ccc(C(=O)N(C)C)cc1)NCCc1ccc(C)nc1.I. The Bertz CT molecular complexity index is 757. The highest BCUT2D eigenvalue weighted by molar-refractivity contribution is 14.0. The van der Waals surface area contributed by atoms with Crippen molar-refractivity contribution >= 4 is 35.8 Å². The minimum Gasteiger partial charge on any atom is -0.357 e. The van der Waals surface area contributed by atoms with E-state index in [1.807, 2.05) is 50.4 Å². The summed E-state index contributed by atoms with van der Waals surface area (Å²) in [6.45, 7) is 6.17. The molecule has 0 saturated carbocycles. The number of nitrogens with zero attached hydrogens (tertiary/aromatic N) is 3. The smallest absolute Gasteiger partial charge is 0.253 e. The highest BCUT2D eigenvalue weighted by Gasteiger charge is 2.07. The van der Waals surface area contributed by atoms with Gasteiger partial charge in [-0.1, -0.05) is 18.2 Å². The van der Waals surface area contributed by atoms with E-state index >= 15 is 0 Å². The number of amides is 1. The van der Waals surface area contributed by atoms with Crippen LogP contribution < -0.4 is 10.6 Å². The van der Waals surface area contributed by atoms with E-state index < -0.39 is 0 Å². The van der Waals surface area contributed by atoms with Gasteiger partial charge in [0.2, 0.25) is 0 Å². The number of pyridine rings is 1. The Kier molecular flexibility index (Phi) is 10.5. The van der Waals surface area contributed by atoms with Crippen molar-refractivity contribution in [1.29, 1.82) is 0 Å². The van der Waals surface area contributed by atoms with Gasteiger partial charge in [0.1, 0.15) is 0 Å². The number of rotatable bonds is 7. The summed E-state index contributed by atoms with van der Waals surface area (Å²) in [4.78, 5) is 22.4. The van der Waals surface area contributed by atoms with Gasteiger partial charge in [-0.25, -0.2) is 4.99 Å². The molecule has 0 aliphatic heterocycles. The van der Waals surface area contributed by atoms with Crippen molar-refractivity contribution in [3.8, 4) is 0 Å². The molecule has 0 aliphatic carbocycles. The van der Waals surface area contributed by atoms with Crippen LogP contribution in [0, 0.1) is 6.92 Å². The molecule has 28 heavy (non-hydrogen) atoms. The summed E-state index contributed by atoms with van der Waals surface area (Å²) in [6, 6.07) is 11.7. The number of guanidine groups is 1. The molecule has 0 radical (unpaired) electrons. The van der Waals surface area contributed by atoms with Gasteiger partial charge in [-0.2, -0.15) is 0 Å². The van der Waals surface area contributed by atoms with Gasteiger partial charge >= 0.3 is 0 Å². The molecule has 1 amide bonds. The highest BCUT2D eigenvalue weighted by Crippen LogP contribution is 2.07. The lowest BCUT2D eigenvalue weighted by Crippen LogP contribution is -2.38. The zero-order valence-electron chi connectivity index (χ0n) is 17.0. The number of halogens is 1. The van der Waals surface area contributed by atoms with Crippen LogP contribution in [0.3, 0.4) is 0 Å². The molecule has 0 bridgehead atoms. The predicted octanol–water partition coefficient (Wildman–Crippen LogP) is 3.01. The van der Waals surface area contributed by atoms with Crippen LogP contribution in [0.15, 0.2) is 47.6 Å². The number of carbonyl (C=O) groups is 1. The first-order valence-electron chi connectivity index (χ1n) is 9.24. The minimum atomic E-state index is 0. The van der Waals surface area contributed by atoms with Crippen molar-refractivity contribution in [1.82, 2.24) is 20.5 Å². The first-order chi connectivity index (χ1) is 13.0. The van der Waals surface area contributed by atoms with Crippen molar-refractivity contribution in [2.75, 3.05) is 27.2 Å². The number of carbonyl (C=O) groups excluding carboxylic acids is 1. The molecule has 0 atom stereocenters. The quantitative estimate of drug-likeness (QED) is 0.352. The first kappa shape index (κ1) is 23.9. The third kappa shape index (κ3) is 7.84. The molecule has 1 heterocycles. The monoisotopic (exact) mass is 495 g/mol. The predicted molar refractivity (Wildman–Crippen MR) is 125 cm³/mol. The topological polar surface area (TPSA) is 69.6 Å². The van der Waals surface area contributed by atoms with Crippen LogP contribution in [0.1, 0.15) is 34.1 Å². The summed E-state index contributed by atoms with van der Waals surface area (Å²) in [6.07, 6.45) is 2.80. The normalized spacial score (nSPS) is 10.8. The Hall–Kier alpha value is -2.16. The summed E-state index contributed by atoms with van der Waals surface area (Å²) in [5.74, 6) is 0.789. The Balaban J connectivity index is 0.00000392. The fourth-order valence-corrected chi connectivity index (χ4v) is 2.49. The summed E-state index contributed by atoms with van der Waals surface area (Å²) < 4.78 is 0. The Morgan fingerprint density at radius 1 is 1.07 bits per heavy atom. The van der Waals surface area contributed by atoms with Gasteiger partial charge in [0.15, 0.2) is 5.96 Å². The van der Waals surface area contributed by atoms with Gasteiger partial charge in [-0.3, -0.25) is 9.78 Å². The van der Waals surface area contributed by atoms with Crippen LogP contribution in [0.25, 0.3) is 0 Å². The van der Waals surface area contributed by atoms with Gasteiger partial charge in [0.25, 0.3) is 5.91 Å². The van der Waals surface area contributed by atoms with Crippen molar-refractivity contribution in [2.24, 2.45) is 4.99 Å². The molecule has 1 aromatic carbocycles. The lowest BCUT2D eigenvalue weighted by Gasteiger charge is -2.12. The summed E-state index contributed by atoms with van der Waals surface area (Å²) in [7, 11) is 3.50. The number of benzene rings is 1. The Morgan fingerprint density at radius 2 is 1.75 bits per heavy atom. The molecule has 0 fully saturated rings. The number of nitrogens with one attached hydrogen (secondary N) is 2. The zero-order chi connectivity index (χ0) is 19.6. The van der Waals surface area contributed by atoms with E-state index in [1.54, 1.807) is 19.0 Å². The molecule has 0 saturated heterocycles. The third-order valence-electron chi connectivity index (χ3n) is 4.05. The van der Waals surface area contributed by atoms with Crippen LogP contribution in [0.2, 0.25) is 0 Å². The molecule has 2 aromatic rings. The van der Waals surface area contributed by atoms with E-state index in [0.29, 0.717) is 12.1 Å². The summed E-state index contributed by atoms with van der Waals surface area (Å²) in [5.41, 5.74) is 3.97. The van der Waals surface area contributed by atoms with Gasteiger partial charge < -0.3 is 15.5 Å². The average Bonchev–Trinajstić information content (AvgIpc) is 2.67. The molecule has 7 heteroatoms. The minimum absolute atomic E-state index is 0. The van der Waals surface area contributed by atoms with Crippen molar-refractivity contribution in [2.45, 2.75) is 26.8 Å². The fourth-order valence-electron chi connectivity index (χ4n) is 2.49. The van der Waals surface area contributed by atoms with Crippen molar-refractivity contribution < 1.29 is 4.79 Å². The van der Waals surface area contributed by atoms with E-state index in [1.165, 1.54) is 5.56 Å². The molecular weight excluding hydrogens is 465 g/mol. The lowest BCUT2D eigenvalue weighted by atomic mass is 10.1. The van der Waals surface area contributed by atoms with Crippen LogP contribution in [-0.4, -0.2) is 48.9 Å². The average molecular weight is 495 g/mol. The number of aromatic nitrogens is 1. The second-order valence-corrected chi connectivity index (χ2v) is 6.58. The molecule has 2 N–H and O–H groups in total. The highest BCUT2D eigenvalue weighted by atomic mass is 127. The zero-order valence-corrected chi connectivity index (χ0v) is 19.4. The maximum Gasteiger partial charge on any atom is 0.253 e. The summed E-state index contributed by atoms with van der Waals surface area (Å²) >= 11 is 0. The van der Waals surface area contributed by atoms with Crippen LogP contribution >= 0.6 is 24.0 Å². The first-order valence-corrected chi connectivity index (χ1v) is 9.24. The van der Waals surface area contributed by atoms with E-state index in [2.05, 4.69) is 26.7 Å². The third-order valence-corrected chi connectivity index (χ3v) is 4.05. The van der Waals surface area contributed by atoms with Gasteiger partial charge in [0, 0.05) is 44.6 Å². The van der Waals surface area contributed by atoms with Gasteiger partial charge in [0.05, 0.1) is 6.54 Å². The molecule has 1 aromatic heterocycles. The van der Waals surface area contributed by atoms with Gasteiger partial charge in [-0.15, -0.1) is 24.0 Å². The number of aryl methyl sites for hydroxylation is 1. The lowest BCUT2D eigenvalue weighted by molar-refractivity contribution is 0.0827. The Morgan fingerprint density at radius 3 is 2.32 bits per heavy atom. The summed E-state index contributed by atoms with van der Waals surface area (Å²) in [5, 5.41) is 6.60. The molecule has 152 valence electrons. The molecule has 6 nitrogen and oxygen atoms in total. The molecule has 0 spiro atoms. The molecule has 2 rings (SSSR count). The maximum atomic E-state index is 11.9. The standard InChI is InChI=1S/C21H29N5O.HI/c1-5-22-21(23-13-12-18-7-6-16(2)24-14-18)25-15-17-8-10-19(11-9-17)20(27)26(3)4;/h6-11,14H,5,12-13,15H2,1-4H3,(H2,22,23,25);1H. The largest absolute Gasteiger partial charge is 0.357 e. The van der Waals surface area contributed by atoms with Crippen LogP contribution in [0.5, 0.6) is 0 Å². The molecule has 0 unspecified atom stereocenters. The Labute approximate surface area is 184 Å². The van der Waals surface area contributed by atoms with Crippen LogP contribution in [-0.2, 0) is 13.0 Å². The fraction of sp³-hybridized carbons (Fsp3) is 0.381. The number of hydrogen-bond donors (Lipinski definition) is 2. The van der Waals surface area contributed by atoms with Crippen molar-refractivity contribution in [3.05, 3.63) is 65.0 Å². The van der Waals surface area contributed by atoms with E-state index in [4.69, 9.17) is 0 Å². The van der Waals surface area contributed by atoms with E-state index in [-0.39, 0.29) is 29.9 Å². The van der Waals surface area contributed by atoms with E-state index in [9.17, 15) is 4.79 Å². The number of aliphatic imine (C=N–C) groups is 1. The molecule has 0 aliphatic rings. The van der Waals surface area contributed by atoms with Crippen molar-refractivity contribution in [3.63, 3.8) is 0 Å². The second-order valence-electron chi connectivity index (χ2n) is 6.58. The van der Waals surface area contributed by atoms with Gasteiger partial charge in [-0.05, 0) is 49.6 Å². The maximum absolute atomic E-state index is 11.9.